The van der Waals surface area contributed by atoms with Crippen LogP contribution in [0.3, 0.4) is 0 Å². The SMILES string of the molecule is CCCCC(C)[C@H](O)/C=C/[C@@H]1[C@@H](C/C(C)=C(\C#N)CCCC(=O)O)[C@@H](O)C[C@H]1O. The minimum Gasteiger partial charge on any atom is -0.481 e. The van der Waals surface area contributed by atoms with Crippen LogP contribution in [0.5, 0.6) is 0 Å². The third kappa shape index (κ3) is 8.30. The van der Waals surface area contributed by atoms with Crippen LogP contribution in [-0.4, -0.2) is 44.7 Å². The third-order valence-corrected chi connectivity index (χ3v) is 6.05. The number of carboxylic acids is 1. The molecule has 1 aliphatic rings. The fourth-order valence-electron chi connectivity index (χ4n) is 4.05. The summed E-state index contributed by atoms with van der Waals surface area (Å²) in [6, 6.07) is 2.16. The molecule has 1 saturated carbocycles. The van der Waals surface area contributed by atoms with E-state index in [0.29, 0.717) is 24.8 Å². The predicted octanol–water partition coefficient (Wildman–Crippen LogP) is 3.57. The standard InChI is InChI=1S/C23H37NO5/c1-4-5-7-15(2)20(25)11-10-18-19(22(27)13-21(18)26)12-16(3)17(14-24)8-6-9-23(28)29/h10-11,15,18-22,25-27H,4-9,12-13H2,1-3H3,(H,28,29)/b11-10+,17-16-/t15?,18-,19-,20-,21-,22+/m1/s1. The van der Waals surface area contributed by atoms with Gasteiger partial charge in [-0.25, -0.2) is 0 Å². The van der Waals surface area contributed by atoms with E-state index in [4.69, 9.17) is 5.11 Å². The molecule has 0 saturated heterocycles. The van der Waals surface area contributed by atoms with Crippen LogP contribution in [-0.2, 0) is 4.79 Å². The molecule has 1 unspecified atom stereocenters. The van der Waals surface area contributed by atoms with E-state index in [-0.39, 0.29) is 30.6 Å². The molecule has 0 heterocycles. The lowest BCUT2D eigenvalue weighted by Crippen LogP contribution is -2.22. The van der Waals surface area contributed by atoms with Crippen molar-refractivity contribution in [2.75, 3.05) is 0 Å². The molecule has 0 aromatic rings. The average molecular weight is 408 g/mol. The zero-order valence-corrected chi connectivity index (χ0v) is 17.9. The van der Waals surface area contributed by atoms with Gasteiger partial charge in [0.25, 0.3) is 0 Å². The maximum atomic E-state index is 10.7. The van der Waals surface area contributed by atoms with Gasteiger partial charge < -0.3 is 20.4 Å². The number of carboxylic acid groups (broad SMARTS) is 1. The summed E-state index contributed by atoms with van der Waals surface area (Å²) in [4.78, 5) is 10.7. The molecule has 6 nitrogen and oxygen atoms in total. The van der Waals surface area contributed by atoms with E-state index in [2.05, 4.69) is 13.0 Å². The smallest absolute Gasteiger partial charge is 0.303 e. The molecule has 4 N–H and O–H groups in total. The highest BCUT2D eigenvalue weighted by molar-refractivity contribution is 5.66. The van der Waals surface area contributed by atoms with E-state index in [1.807, 2.05) is 19.9 Å². The zero-order chi connectivity index (χ0) is 22.0. The fourth-order valence-corrected chi connectivity index (χ4v) is 4.05. The van der Waals surface area contributed by atoms with E-state index in [1.54, 1.807) is 6.08 Å². The first-order valence-electron chi connectivity index (χ1n) is 10.7. The number of carbonyl (C=O) groups is 1. The van der Waals surface area contributed by atoms with Crippen LogP contribution in [0.4, 0.5) is 0 Å². The molecule has 6 heteroatoms. The van der Waals surface area contributed by atoms with Crippen molar-refractivity contribution in [3.05, 3.63) is 23.3 Å². The first-order valence-corrected chi connectivity index (χ1v) is 10.7. The summed E-state index contributed by atoms with van der Waals surface area (Å²) in [5, 5.41) is 49.4. The van der Waals surface area contributed by atoms with Gasteiger partial charge in [-0.05, 0) is 44.4 Å². The summed E-state index contributed by atoms with van der Waals surface area (Å²) in [5.41, 5.74) is 1.38. The second-order valence-corrected chi connectivity index (χ2v) is 8.43. The summed E-state index contributed by atoms with van der Waals surface area (Å²) in [6.07, 6.45) is 6.22. The maximum absolute atomic E-state index is 10.7. The minimum atomic E-state index is -0.883. The van der Waals surface area contributed by atoms with Crippen LogP contribution < -0.4 is 0 Å². The van der Waals surface area contributed by atoms with Gasteiger partial charge in [0.1, 0.15) is 0 Å². The van der Waals surface area contributed by atoms with Gasteiger partial charge in [0.2, 0.25) is 0 Å². The first kappa shape index (κ1) is 25.4. The predicted molar refractivity (Wildman–Crippen MR) is 112 cm³/mol. The van der Waals surface area contributed by atoms with Crippen LogP contribution in [0.25, 0.3) is 0 Å². The number of aliphatic hydroxyl groups excluding tert-OH is 3. The molecular weight excluding hydrogens is 370 g/mol. The Hall–Kier alpha value is -1.68. The lowest BCUT2D eigenvalue weighted by atomic mass is 9.85. The average Bonchev–Trinajstić information content (AvgIpc) is 2.93. The van der Waals surface area contributed by atoms with Crippen molar-refractivity contribution in [3.8, 4) is 6.07 Å². The topological polar surface area (TPSA) is 122 Å². The molecular formula is C23H37NO5. The highest BCUT2D eigenvalue weighted by Gasteiger charge is 2.40. The Morgan fingerprint density at radius 2 is 1.93 bits per heavy atom. The van der Waals surface area contributed by atoms with E-state index in [9.17, 15) is 25.4 Å². The van der Waals surface area contributed by atoms with Gasteiger partial charge in [-0.15, -0.1) is 0 Å². The number of nitriles is 1. The van der Waals surface area contributed by atoms with Crippen molar-refractivity contribution in [1.29, 1.82) is 5.26 Å². The van der Waals surface area contributed by atoms with Crippen LogP contribution in [0, 0.1) is 29.1 Å². The summed E-state index contributed by atoms with van der Waals surface area (Å²) >= 11 is 0. The van der Waals surface area contributed by atoms with Gasteiger partial charge >= 0.3 is 5.97 Å². The van der Waals surface area contributed by atoms with Gasteiger partial charge in [-0.2, -0.15) is 5.26 Å². The Kier molecular flexibility index (Phi) is 11.2. The van der Waals surface area contributed by atoms with E-state index in [0.717, 1.165) is 24.8 Å². The number of nitrogens with zero attached hydrogens (tertiary/aromatic N) is 1. The number of aliphatic carboxylic acids is 1. The van der Waals surface area contributed by atoms with Crippen LogP contribution in [0.2, 0.25) is 0 Å². The van der Waals surface area contributed by atoms with Gasteiger partial charge in [-0.1, -0.05) is 44.4 Å². The number of allylic oxidation sites excluding steroid dienone is 2. The molecule has 6 atom stereocenters. The Bertz CT molecular complexity index is 621. The van der Waals surface area contributed by atoms with Crippen molar-refractivity contribution < 1.29 is 25.2 Å². The molecule has 164 valence electrons. The molecule has 1 fully saturated rings. The Morgan fingerprint density at radius 1 is 1.24 bits per heavy atom. The fraction of sp³-hybridized carbons (Fsp3) is 0.739. The summed E-state index contributed by atoms with van der Waals surface area (Å²) in [6.45, 7) is 5.95. The molecule has 0 aromatic heterocycles. The molecule has 0 aliphatic heterocycles. The normalized spacial score (nSPS) is 27.5. The van der Waals surface area contributed by atoms with Crippen molar-refractivity contribution in [2.45, 2.75) is 90.4 Å². The molecule has 1 rings (SSSR count). The number of rotatable bonds is 12. The number of hydrogen-bond donors (Lipinski definition) is 4. The first-order chi connectivity index (χ1) is 13.7. The van der Waals surface area contributed by atoms with Gasteiger partial charge in [0, 0.05) is 24.3 Å². The Balaban J connectivity index is 2.83. The van der Waals surface area contributed by atoms with Crippen LogP contribution >= 0.6 is 0 Å². The zero-order valence-electron chi connectivity index (χ0n) is 17.9. The Labute approximate surface area is 174 Å². The van der Waals surface area contributed by atoms with Crippen molar-refractivity contribution in [1.82, 2.24) is 0 Å². The van der Waals surface area contributed by atoms with Crippen molar-refractivity contribution in [2.24, 2.45) is 17.8 Å². The quantitative estimate of drug-likeness (QED) is 0.290. The summed E-state index contributed by atoms with van der Waals surface area (Å²) in [7, 11) is 0. The molecule has 1 aliphatic carbocycles. The molecule has 0 spiro atoms. The summed E-state index contributed by atoms with van der Waals surface area (Å²) < 4.78 is 0. The van der Waals surface area contributed by atoms with Gasteiger partial charge in [0.15, 0.2) is 0 Å². The summed E-state index contributed by atoms with van der Waals surface area (Å²) in [5.74, 6) is -1.27. The van der Waals surface area contributed by atoms with E-state index < -0.39 is 24.3 Å². The molecule has 0 radical (unpaired) electrons. The largest absolute Gasteiger partial charge is 0.481 e. The van der Waals surface area contributed by atoms with Crippen molar-refractivity contribution >= 4 is 5.97 Å². The molecule has 0 aromatic carbocycles. The number of aliphatic hydroxyl groups is 3. The van der Waals surface area contributed by atoms with Gasteiger partial charge in [-0.3, -0.25) is 4.79 Å². The third-order valence-electron chi connectivity index (χ3n) is 6.05. The van der Waals surface area contributed by atoms with E-state index in [1.165, 1.54) is 0 Å². The van der Waals surface area contributed by atoms with E-state index >= 15 is 0 Å². The highest BCUT2D eigenvalue weighted by atomic mass is 16.4. The van der Waals surface area contributed by atoms with Gasteiger partial charge in [0.05, 0.1) is 24.4 Å². The second kappa shape index (κ2) is 12.8. The number of hydrogen-bond acceptors (Lipinski definition) is 5. The lowest BCUT2D eigenvalue weighted by Gasteiger charge is -2.23. The van der Waals surface area contributed by atoms with Crippen LogP contribution in [0.1, 0.15) is 72.1 Å². The van der Waals surface area contributed by atoms with Crippen LogP contribution in [0.15, 0.2) is 23.3 Å². The monoisotopic (exact) mass is 407 g/mol. The Morgan fingerprint density at radius 3 is 2.52 bits per heavy atom. The lowest BCUT2D eigenvalue weighted by molar-refractivity contribution is -0.137. The minimum absolute atomic E-state index is 0.0166. The van der Waals surface area contributed by atoms with Crippen molar-refractivity contribution in [3.63, 3.8) is 0 Å². The number of unbranched alkanes of at least 4 members (excludes halogenated alkanes) is 1. The molecule has 29 heavy (non-hydrogen) atoms. The highest BCUT2D eigenvalue weighted by Crippen LogP contribution is 2.38. The maximum Gasteiger partial charge on any atom is 0.303 e. The second-order valence-electron chi connectivity index (χ2n) is 8.43. The molecule has 0 bridgehead atoms. The molecule has 0 amide bonds.